The smallest absolute Gasteiger partial charge is 0.253 e. The minimum atomic E-state index is -0.0588. The first kappa shape index (κ1) is 17.3. The van der Waals surface area contributed by atoms with Gasteiger partial charge in [-0.2, -0.15) is 0 Å². The summed E-state index contributed by atoms with van der Waals surface area (Å²) in [5.74, 6) is -0.0588. The fraction of sp³-hybridized carbons (Fsp3) is 0.562. The van der Waals surface area contributed by atoms with Gasteiger partial charge in [-0.25, -0.2) is 0 Å². The van der Waals surface area contributed by atoms with E-state index >= 15 is 0 Å². The first-order chi connectivity index (χ1) is 9.76. The van der Waals surface area contributed by atoms with Crippen LogP contribution in [0.25, 0.3) is 0 Å². The number of anilines is 2. The molecule has 5 heteroatoms. The third-order valence-electron chi connectivity index (χ3n) is 3.47. The number of rotatable bonds is 7. The normalized spacial score (nSPS) is 11.3. The van der Waals surface area contributed by atoms with E-state index in [1.165, 1.54) is 4.90 Å². The highest BCUT2D eigenvalue weighted by Crippen LogP contribution is 2.26. The Labute approximate surface area is 127 Å². The topological polar surface area (TPSA) is 78.6 Å². The molecule has 0 radical (unpaired) electrons. The molecule has 1 aromatic rings. The Morgan fingerprint density at radius 3 is 2.57 bits per heavy atom. The number of nitrogen functional groups attached to an aromatic ring is 1. The zero-order valence-corrected chi connectivity index (χ0v) is 13.4. The van der Waals surface area contributed by atoms with Crippen molar-refractivity contribution in [1.82, 2.24) is 4.90 Å². The highest BCUT2D eigenvalue weighted by molar-refractivity contribution is 5.95. The number of aliphatic hydroxyl groups is 1. The van der Waals surface area contributed by atoms with E-state index in [4.69, 9.17) is 10.8 Å². The molecule has 1 rings (SSSR count). The summed E-state index contributed by atoms with van der Waals surface area (Å²) in [4.78, 5) is 13.4. The van der Waals surface area contributed by atoms with Crippen LogP contribution in [0.5, 0.6) is 0 Å². The van der Waals surface area contributed by atoms with Gasteiger partial charge < -0.3 is 21.1 Å². The SMILES string of the molecule is CN(C)C(=O)c1ccc(NCC(C)(C)CCCO)c(N)c1. The number of benzene rings is 1. The molecule has 0 atom stereocenters. The predicted molar refractivity (Wildman–Crippen MR) is 87.5 cm³/mol. The van der Waals surface area contributed by atoms with Gasteiger partial charge in [-0.1, -0.05) is 13.8 Å². The number of carbonyl (C=O) groups excluding carboxylic acids is 1. The predicted octanol–water partition coefficient (Wildman–Crippen LogP) is 2.18. The van der Waals surface area contributed by atoms with E-state index in [-0.39, 0.29) is 17.9 Å². The maximum atomic E-state index is 11.9. The molecule has 118 valence electrons. The number of nitrogens with zero attached hydrogens (tertiary/aromatic N) is 1. The molecule has 0 saturated heterocycles. The first-order valence-electron chi connectivity index (χ1n) is 7.23. The van der Waals surface area contributed by atoms with Gasteiger partial charge in [0, 0.05) is 32.8 Å². The highest BCUT2D eigenvalue weighted by atomic mass is 16.2. The largest absolute Gasteiger partial charge is 0.397 e. The fourth-order valence-electron chi connectivity index (χ4n) is 2.10. The zero-order valence-electron chi connectivity index (χ0n) is 13.4. The molecule has 0 aliphatic rings. The van der Waals surface area contributed by atoms with Crippen LogP contribution in [0.3, 0.4) is 0 Å². The monoisotopic (exact) mass is 293 g/mol. The summed E-state index contributed by atoms with van der Waals surface area (Å²) in [5.41, 5.74) is 8.08. The van der Waals surface area contributed by atoms with Gasteiger partial charge in [-0.15, -0.1) is 0 Å². The van der Waals surface area contributed by atoms with Gasteiger partial charge in [0.05, 0.1) is 11.4 Å². The van der Waals surface area contributed by atoms with Crippen molar-refractivity contribution in [1.29, 1.82) is 0 Å². The molecule has 1 amide bonds. The standard InChI is InChI=1S/C16H27N3O2/c1-16(2,8-5-9-20)11-18-14-7-6-12(10-13(14)17)15(21)19(3)4/h6-7,10,18,20H,5,8-9,11,17H2,1-4H3. The molecule has 4 N–H and O–H groups in total. The second-order valence-corrected chi connectivity index (χ2v) is 6.35. The molecule has 5 nitrogen and oxygen atoms in total. The van der Waals surface area contributed by atoms with E-state index in [1.54, 1.807) is 26.2 Å². The summed E-state index contributed by atoms with van der Waals surface area (Å²) >= 11 is 0. The third-order valence-corrected chi connectivity index (χ3v) is 3.47. The van der Waals surface area contributed by atoms with Crippen molar-refractivity contribution >= 4 is 17.3 Å². The van der Waals surface area contributed by atoms with Crippen molar-refractivity contribution in [3.8, 4) is 0 Å². The molecule has 0 unspecified atom stereocenters. The van der Waals surface area contributed by atoms with Gasteiger partial charge in [0.25, 0.3) is 5.91 Å². The molecule has 0 saturated carbocycles. The molecule has 21 heavy (non-hydrogen) atoms. The van der Waals surface area contributed by atoms with Crippen LogP contribution < -0.4 is 11.1 Å². The van der Waals surface area contributed by atoms with Crippen LogP contribution in [-0.4, -0.2) is 43.2 Å². The van der Waals surface area contributed by atoms with Gasteiger partial charge in [-0.3, -0.25) is 4.79 Å². The number of aliphatic hydroxyl groups excluding tert-OH is 1. The molecule has 0 heterocycles. The molecule has 0 fully saturated rings. The number of nitrogens with one attached hydrogen (secondary N) is 1. The number of carbonyl (C=O) groups is 1. The summed E-state index contributed by atoms with van der Waals surface area (Å²) in [7, 11) is 3.43. The first-order valence-corrected chi connectivity index (χ1v) is 7.23. The minimum absolute atomic E-state index is 0.0588. The Kier molecular flexibility index (Phi) is 6.03. The van der Waals surface area contributed by atoms with E-state index in [1.807, 2.05) is 6.07 Å². The van der Waals surface area contributed by atoms with Crippen molar-refractivity contribution in [2.45, 2.75) is 26.7 Å². The van der Waals surface area contributed by atoms with Crippen LogP contribution in [0, 0.1) is 5.41 Å². The second kappa shape index (κ2) is 7.31. The summed E-state index contributed by atoms with van der Waals surface area (Å²) < 4.78 is 0. The molecule has 0 aliphatic carbocycles. The van der Waals surface area contributed by atoms with Crippen LogP contribution in [0.1, 0.15) is 37.0 Å². The van der Waals surface area contributed by atoms with Gasteiger partial charge in [0.15, 0.2) is 0 Å². The zero-order chi connectivity index (χ0) is 16.0. The van der Waals surface area contributed by atoms with Crippen LogP contribution in [0.4, 0.5) is 11.4 Å². The molecular weight excluding hydrogens is 266 g/mol. The van der Waals surface area contributed by atoms with E-state index in [0.29, 0.717) is 11.3 Å². The lowest BCUT2D eigenvalue weighted by molar-refractivity contribution is 0.0827. The van der Waals surface area contributed by atoms with E-state index < -0.39 is 0 Å². The Morgan fingerprint density at radius 2 is 2.05 bits per heavy atom. The van der Waals surface area contributed by atoms with Crippen molar-refractivity contribution in [3.63, 3.8) is 0 Å². The third kappa shape index (κ3) is 5.27. The lowest BCUT2D eigenvalue weighted by Gasteiger charge is -2.25. The van der Waals surface area contributed by atoms with E-state index in [2.05, 4.69) is 19.2 Å². The van der Waals surface area contributed by atoms with E-state index in [0.717, 1.165) is 25.1 Å². The van der Waals surface area contributed by atoms with Crippen LogP contribution in [-0.2, 0) is 0 Å². The Balaban J connectivity index is 2.71. The molecule has 0 spiro atoms. The maximum Gasteiger partial charge on any atom is 0.253 e. The molecular formula is C16H27N3O2. The van der Waals surface area contributed by atoms with E-state index in [9.17, 15) is 4.79 Å². The second-order valence-electron chi connectivity index (χ2n) is 6.35. The molecule has 0 aromatic heterocycles. The van der Waals surface area contributed by atoms with Crippen molar-refractivity contribution in [2.24, 2.45) is 5.41 Å². The van der Waals surface area contributed by atoms with Gasteiger partial charge in [0.1, 0.15) is 0 Å². The average molecular weight is 293 g/mol. The van der Waals surface area contributed by atoms with Crippen LogP contribution in [0.2, 0.25) is 0 Å². The van der Waals surface area contributed by atoms with Gasteiger partial charge in [-0.05, 0) is 36.5 Å². The summed E-state index contributed by atoms with van der Waals surface area (Å²) in [6.07, 6.45) is 1.73. The Morgan fingerprint density at radius 1 is 1.38 bits per heavy atom. The van der Waals surface area contributed by atoms with Crippen LogP contribution in [0.15, 0.2) is 18.2 Å². The summed E-state index contributed by atoms with van der Waals surface area (Å²) in [5, 5.41) is 12.2. The quantitative estimate of drug-likeness (QED) is 0.673. The molecule has 0 aliphatic heterocycles. The lowest BCUT2D eigenvalue weighted by atomic mass is 9.88. The number of nitrogens with two attached hydrogens (primary N) is 1. The minimum Gasteiger partial charge on any atom is -0.397 e. The van der Waals surface area contributed by atoms with Crippen LogP contribution >= 0.6 is 0 Å². The number of amides is 1. The summed E-state index contributed by atoms with van der Waals surface area (Å²) in [6.45, 7) is 5.27. The lowest BCUT2D eigenvalue weighted by Crippen LogP contribution is -2.24. The molecule has 0 bridgehead atoms. The highest BCUT2D eigenvalue weighted by Gasteiger charge is 2.17. The van der Waals surface area contributed by atoms with Crippen molar-refractivity contribution in [3.05, 3.63) is 23.8 Å². The Hall–Kier alpha value is -1.75. The fourth-order valence-corrected chi connectivity index (χ4v) is 2.10. The summed E-state index contributed by atoms with van der Waals surface area (Å²) in [6, 6.07) is 5.32. The van der Waals surface area contributed by atoms with Crippen molar-refractivity contribution < 1.29 is 9.90 Å². The number of hydrogen-bond donors (Lipinski definition) is 3. The van der Waals surface area contributed by atoms with Gasteiger partial charge in [0.2, 0.25) is 0 Å². The average Bonchev–Trinajstić information content (AvgIpc) is 2.43. The maximum absolute atomic E-state index is 11.9. The number of hydrogen-bond acceptors (Lipinski definition) is 4. The van der Waals surface area contributed by atoms with Crippen molar-refractivity contribution in [2.75, 3.05) is 38.3 Å². The van der Waals surface area contributed by atoms with Gasteiger partial charge >= 0.3 is 0 Å². The molecule has 1 aromatic carbocycles. The Bertz CT molecular complexity index is 484.